The highest BCUT2D eigenvalue weighted by Crippen LogP contribution is 2.23. The topological polar surface area (TPSA) is 56.2 Å². The highest BCUT2D eigenvalue weighted by molar-refractivity contribution is 6.32. The van der Waals surface area contributed by atoms with Gasteiger partial charge in [-0.1, -0.05) is 11.6 Å². The van der Waals surface area contributed by atoms with Gasteiger partial charge in [0.2, 0.25) is 0 Å². The normalized spacial score (nSPS) is 20.5. The van der Waals surface area contributed by atoms with Crippen LogP contribution in [0.15, 0.2) is 11.0 Å². The van der Waals surface area contributed by atoms with Gasteiger partial charge in [-0.15, -0.1) is 0 Å². The summed E-state index contributed by atoms with van der Waals surface area (Å²) in [4.78, 5) is 11.8. The van der Waals surface area contributed by atoms with Crippen molar-refractivity contribution in [2.45, 2.75) is 32.1 Å². The molecule has 9 heteroatoms. The molecule has 21 heavy (non-hydrogen) atoms. The second-order valence-electron chi connectivity index (χ2n) is 5.01. The van der Waals surface area contributed by atoms with E-state index in [1.807, 2.05) is 6.92 Å². The van der Waals surface area contributed by atoms with Crippen molar-refractivity contribution in [1.29, 1.82) is 0 Å². The van der Waals surface area contributed by atoms with Crippen LogP contribution in [0.5, 0.6) is 0 Å². The largest absolute Gasteiger partial charge is 0.408 e. The van der Waals surface area contributed by atoms with E-state index in [1.54, 1.807) is 0 Å². The minimum absolute atomic E-state index is 0.0235. The van der Waals surface area contributed by atoms with Gasteiger partial charge < -0.3 is 10.1 Å². The van der Waals surface area contributed by atoms with Crippen molar-refractivity contribution >= 4 is 17.3 Å². The average Bonchev–Trinajstić information content (AvgIpc) is 2.91. The molecule has 1 aliphatic heterocycles. The molecular weight excluding hydrogens is 311 g/mol. The monoisotopic (exact) mass is 325 g/mol. The number of hydrogen-bond acceptors (Lipinski definition) is 4. The third-order valence-electron chi connectivity index (χ3n) is 3.37. The minimum Gasteiger partial charge on any atom is -0.381 e. The molecule has 1 saturated heterocycles. The molecule has 2 heterocycles. The molecule has 2 rings (SSSR count). The lowest BCUT2D eigenvalue weighted by molar-refractivity contribution is -0.143. The first kappa shape index (κ1) is 16.1. The summed E-state index contributed by atoms with van der Waals surface area (Å²) in [5.74, 6) is 0.263. The van der Waals surface area contributed by atoms with Gasteiger partial charge in [0.05, 0.1) is 18.5 Å². The van der Waals surface area contributed by atoms with Crippen LogP contribution >= 0.6 is 11.6 Å². The standard InChI is InChI=1S/C12H15ClF3N3O2/c1-7(8-2-3-21-5-8)18-9-4-17-19(6-12(14,15)16)11(20)10(9)13/h4,7-8,18H,2-3,5-6H2,1H3. The molecule has 118 valence electrons. The number of halogens is 4. The second kappa shape index (κ2) is 6.23. The van der Waals surface area contributed by atoms with Crippen molar-refractivity contribution in [3.63, 3.8) is 0 Å². The summed E-state index contributed by atoms with van der Waals surface area (Å²) in [5.41, 5.74) is -0.728. The number of alkyl halides is 3. The van der Waals surface area contributed by atoms with Crippen LogP contribution in [0, 0.1) is 5.92 Å². The highest BCUT2D eigenvalue weighted by Gasteiger charge is 2.30. The first-order chi connectivity index (χ1) is 9.78. The van der Waals surface area contributed by atoms with E-state index in [4.69, 9.17) is 16.3 Å². The van der Waals surface area contributed by atoms with Gasteiger partial charge in [0, 0.05) is 18.6 Å². The average molecular weight is 326 g/mol. The number of ether oxygens (including phenoxy) is 1. The Hall–Kier alpha value is -1.28. The molecule has 0 radical (unpaired) electrons. The lowest BCUT2D eigenvalue weighted by Gasteiger charge is -2.21. The van der Waals surface area contributed by atoms with Crippen LogP contribution in [-0.2, 0) is 11.3 Å². The Labute approximate surface area is 124 Å². The molecule has 1 N–H and O–H groups in total. The zero-order valence-corrected chi connectivity index (χ0v) is 12.0. The lowest BCUT2D eigenvalue weighted by Crippen LogP contribution is -2.32. The summed E-state index contributed by atoms with van der Waals surface area (Å²) < 4.78 is 42.5. The number of aromatic nitrogens is 2. The van der Waals surface area contributed by atoms with E-state index < -0.39 is 18.3 Å². The summed E-state index contributed by atoms with van der Waals surface area (Å²) in [6.07, 6.45) is -2.50. The third-order valence-corrected chi connectivity index (χ3v) is 3.73. The van der Waals surface area contributed by atoms with Gasteiger partial charge in [-0.25, -0.2) is 4.68 Å². The van der Waals surface area contributed by atoms with Gasteiger partial charge in [0.15, 0.2) is 0 Å². The van der Waals surface area contributed by atoms with Gasteiger partial charge in [0.1, 0.15) is 11.6 Å². The molecule has 0 aliphatic carbocycles. The molecule has 0 bridgehead atoms. The van der Waals surface area contributed by atoms with Gasteiger partial charge in [-0.3, -0.25) is 4.79 Å². The van der Waals surface area contributed by atoms with E-state index in [0.717, 1.165) is 12.6 Å². The quantitative estimate of drug-likeness (QED) is 0.923. The number of rotatable bonds is 4. The third kappa shape index (κ3) is 4.10. The Morgan fingerprint density at radius 3 is 2.90 bits per heavy atom. The maximum atomic E-state index is 12.3. The maximum Gasteiger partial charge on any atom is 0.408 e. The Bertz CT molecular complexity index is 556. The number of nitrogens with one attached hydrogen (secondary N) is 1. The van der Waals surface area contributed by atoms with Crippen molar-refractivity contribution in [2.75, 3.05) is 18.5 Å². The zero-order valence-electron chi connectivity index (χ0n) is 11.3. The van der Waals surface area contributed by atoms with E-state index in [-0.39, 0.29) is 22.7 Å². The summed E-state index contributed by atoms with van der Waals surface area (Å²) in [5, 5.41) is 6.23. The molecular formula is C12H15ClF3N3O2. The molecule has 2 atom stereocenters. The summed E-state index contributed by atoms with van der Waals surface area (Å²) in [7, 11) is 0. The second-order valence-corrected chi connectivity index (χ2v) is 5.38. The fourth-order valence-corrected chi connectivity index (χ4v) is 2.36. The number of hydrogen-bond donors (Lipinski definition) is 1. The van der Waals surface area contributed by atoms with Crippen LogP contribution in [-0.4, -0.2) is 35.2 Å². The molecule has 0 saturated carbocycles. The summed E-state index contributed by atoms with van der Waals surface area (Å²) in [6, 6.07) is -0.0235. The number of nitrogens with zero attached hydrogens (tertiary/aromatic N) is 2. The van der Waals surface area contributed by atoms with Crippen LogP contribution in [0.3, 0.4) is 0 Å². The van der Waals surface area contributed by atoms with Crippen LogP contribution in [0.4, 0.5) is 18.9 Å². The Kier molecular flexibility index (Phi) is 4.77. The molecule has 5 nitrogen and oxygen atoms in total. The smallest absolute Gasteiger partial charge is 0.381 e. The molecule has 0 amide bonds. The molecule has 1 aromatic heterocycles. The molecule has 1 fully saturated rings. The maximum absolute atomic E-state index is 12.3. The predicted molar refractivity (Wildman–Crippen MR) is 71.6 cm³/mol. The molecule has 0 aromatic carbocycles. The number of anilines is 1. The predicted octanol–water partition coefficient (Wildman–Crippen LogP) is 2.30. The first-order valence-electron chi connectivity index (χ1n) is 6.44. The van der Waals surface area contributed by atoms with Crippen molar-refractivity contribution < 1.29 is 17.9 Å². The molecule has 0 spiro atoms. The van der Waals surface area contributed by atoms with Gasteiger partial charge >= 0.3 is 6.18 Å². The van der Waals surface area contributed by atoms with Crippen LogP contribution < -0.4 is 10.9 Å². The molecule has 1 aliphatic rings. The molecule has 1 aromatic rings. The van der Waals surface area contributed by atoms with E-state index in [0.29, 0.717) is 17.9 Å². The van der Waals surface area contributed by atoms with Gasteiger partial charge in [-0.05, 0) is 13.3 Å². The summed E-state index contributed by atoms with van der Waals surface area (Å²) in [6.45, 7) is 1.72. The van der Waals surface area contributed by atoms with Gasteiger partial charge in [-0.2, -0.15) is 18.3 Å². The highest BCUT2D eigenvalue weighted by atomic mass is 35.5. The van der Waals surface area contributed by atoms with Crippen molar-refractivity contribution in [3.8, 4) is 0 Å². The van der Waals surface area contributed by atoms with E-state index in [9.17, 15) is 18.0 Å². The summed E-state index contributed by atoms with van der Waals surface area (Å²) >= 11 is 5.84. The van der Waals surface area contributed by atoms with Crippen molar-refractivity contribution in [3.05, 3.63) is 21.6 Å². The lowest BCUT2D eigenvalue weighted by atomic mass is 10.0. The van der Waals surface area contributed by atoms with Crippen LogP contribution in [0.2, 0.25) is 5.02 Å². The fraction of sp³-hybridized carbons (Fsp3) is 0.667. The van der Waals surface area contributed by atoms with Crippen LogP contribution in [0.1, 0.15) is 13.3 Å². The molecule has 2 unspecified atom stereocenters. The zero-order chi connectivity index (χ0) is 15.6. The van der Waals surface area contributed by atoms with E-state index >= 15 is 0 Å². The van der Waals surface area contributed by atoms with Crippen molar-refractivity contribution in [1.82, 2.24) is 9.78 Å². The van der Waals surface area contributed by atoms with E-state index in [2.05, 4.69) is 10.4 Å². The SMILES string of the molecule is CC(Nc1cnn(CC(F)(F)F)c(=O)c1Cl)C1CCOC1. The Morgan fingerprint density at radius 1 is 1.62 bits per heavy atom. The van der Waals surface area contributed by atoms with Crippen molar-refractivity contribution in [2.24, 2.45) is 5.92 Å². The van der Waals surface area contributed by atoms with Crippen LogP contribution in [0.25, 0.3) is 0 Å². The first-order valence-corrected chi connectivity index (χ1v) is 6.82. The Morgan fingerprint density at radius 2 is 2.33 bits per heavy atom. The fourth-order valence-electron chi connectivity index (χ4n) is 2.16. The Balaban J connectivity index is 2.14. The van der Waals surface area contributed by atoms with Gasteiger partial charge in [0.25, 0.3) is 5.56 Å². The minimum atomic E-state index is -4.52. The van der Waals surface area contributed by atoms with E-state index in [1.165, 1.54) is 0 Å².